The van der Waals surface area contributed by atoms with E-state index in [2.05, 4.69) is 4.90 Å². The molecule has 1 heterocycles. The number of piperidine rings is 1. The molecule has 1 aromatic rings. The van der Waals surface area contributed by atoms with Gasteiger partial charge in [0.1, 0.15) is 5.69 Å². The van der Waals surface area contributed by atoms with Crippen molar-refractivity contribution in [1.82, 2.24) is 4.90 Å². The zero-order valence-corrected chi connectivity index (χ0v) is 11.0. The average Bonchev–Trinajstić information content (AvgIpc) is 2.30. The molecule has 2 rings (SSSR count). The van der Waals surface area contributed by atoms with Crippen molar-refractivity contribution in [3.63, 3.8) is 0 Å². The van der Waals surface area contributed by atoms with Gasteiger partial charge in [-0.1, -0.05) is 6.07 Å². The second kappa shape index (κ2) is 5.14. The molecule has 0 spiro atoms. The van der Waals surface area contributed by atoms with Crippen LogP contribution in [0.1, 0.15) is 25.3 Å². The van der Waals surface area contributed by atoms with Crippen molar-refractivity contribution in [3.05, 3.63) is 33.9 Å². The van der Waals surface area contributed by atoms with Crippen molar-refractivity contribution in [2.45, 2.75) is 31.9 Å². The second-order valence-corrected chi connectivity index (χ2v) is 5.46. The molecule has 1 saturated heterocycles. The number of β-amino-alcohol motifs (C(OH)–C–C–N with tert-alkyl or cyclic N) is 1. The van der Waals surface area contributed by atoms with E-state index in [9.17, 15) is 15.2 Å². The topological polar surface area (TPSA) is 92.6 Å². The maximum atomic E-state index is 10.8. The van der Waals surface area contributed by atoms with Crippen LogP contribution in [0.3, 0.4) is 0 Å². The average molecular weight is 265 g/mol. The van der Waals surface area contributed by atoms with Crippen molar-refractivity contribution in [1.29, 1.82) is 0 Å². The van der Waals surface area contributed by atoms with Crippen LogP contribution in [0.5, 0.6) is 0 Å². The van der Waals surface area contributed by atoms with Crippen molar-refractivity contribution in [2.24, 2.45) is 0 Å². The normalized spacial score (nSPS) is 24.3. The molecule has 1 aromatic carbocycles. The van der Waals surface area contributed by atoms with Crippen molar-refractivity contribution < 1.29 is 10.0 Å². The van der Waals surface area contributed by atoms with Crippen LogP contribution in [0.25, 0.3) is 0 Å². The molecule has 3 N–H and O–H groups in total. The van der Waals surface area contributed by atoms with Gasteiger partial charge in [-0.15, -0.1) is 0 Å². The molecular weight excluding hydrogens is 246 g/mol. The van der Waals surface area contributed by atoms with Crippen LogP contribution >= 0.6 is 0 Å². The number of benzene rings is 1. The third-order valence-electron chi connectivity index (χ3n) is 3.45. The minimum atomic E-state index is -0.669. The number of nitro groups is 1. The molecular formula is C13H19N3O3. The maximum Gasteiger partial charge on any atom is 0.292 e. The molecule has 1 aliphatic rings. The monoisotopic (exact) mass is 265 g/mol. The lowest BCUT2D eigenvalue weighted by atomic mass is 9.95. The Bertz CT molecular complexity index is 488. The summed E-state index contributed by atoms with van der Waals surface area (Å²) in [6.07, 6.45) is 1.73. The van der Waals surface area contributed by atoms with E-state index >= 15 is 0 Å². The first kappa shape index (κ1) is 13.8. The predicted molar refractivity (Wildman–Crippen MR) is 72.6 cm³/mol. The molecule has 0 aromatic heterocycles. The summed E-state index contributed by atoms with van der Waals surface area (Å²) in [5.41, 5.74) is 5.87. The Labute approximate surface area is 112 Å². The molecule has 0 radical (unpaired) electrons. The van der Waals surface area contributed by atoms with Gasteiger partial charge in [-0.25, -0.2) is 0 Å². The maximum absolute atomic E-state index is 10.8. The van der Waals surface area contributed by atoms with Gasteiger partial charge in [0.2, 0.25) is 0 Å². The lowest BCUT2D eigenvalue weighted by molar-refractivity contribution is -0.384. The third kappa shape index (κ3) is 3.42. The first-order valence-electron chi connectivity index (χ1n) is 6.35. The quantitative estimate of drug-likeness (QED) is 0.491. The summed E-state index contributed by atoms with van der Waals surface area (Å²) in [7, 11) is 0. The van der Waals surface area contributed by atoms with Gasteiger partial charge in [0.15, 0.2) is 0 Å². The number of hydrogen-bond acceptors (Lipinski definition) is 5. The first-order chi connectivity index (χ1) is 8.87. The van der Waals surface area contributed by atoms with Crippen LogP contribution in [-0.2, 0) is 6.54 Å². The Hall–Kier alpha value is -1.66. The Morgan fingerprint density at radius 3 is 2.95 bits per heavy atom. The summed E-state index contributed by atoms with van der Waals surface area (Å²) < 4.78 is 0. The van der Waals surface area contributed by atoms with Gasteiger partial charge >= 0.3 is 0 Å². The van der Waals surface area contributed by atoms with Crippen molar-refractivity contribution in [3.8, 4) is 0 Å². The molecule has 6 nitrogen and oxygen atoms in total. The van der Waals surface area contributed by atoms with E-state index in [1.165, 1.54) is 6.07 Å². The number of aliphatic hydroxyl groups is 1. The minimum absolute atomic E-state index is 0.0544. The molecule has 1 atom stereocenters. The summed E-state index contributed by atoms with van der Waals surface area (Å²) >= 11 is 0. The summed E-state index contributed by atoms with van der Waals surface area (Å²) in [6, 6.07) is 4.87. The number of likely N-dealkylation sites (tertiary alicyclic amines) is 1. The minimum Gasteiger partial charge on any atom is -0.393 e. The van der Waals surface area contributed by atoms with Gasteiger partial charge < -0.3 is 10.8 Å². The summed E-state index contributed by atoms with van der Waals surface area (Å²) in [4.78, 5) is 12.5. The Morgan fingerprint density at radius 1 is 1.58 bits per heavy atom. The van der Waals surface area contributed by atoms with Crippen LogP contribution < -0.4 is 5.73 Å². The van der Waals surface area contributed by atoms with Crippen LogP contribution in [0.2, 0.25) is 0 Å². The summed E-state index contributed by atoms with van der Waals surface area (Å²) in [5.74, 6) is 0. The van der Waals surface area contributed by atoms with E-state index in [0.29, 0.717) is 13.1 Å². The Kier molecular flexibility index (Phi) is 3.73. The second-order valence-electron chi connectivity index (χ2n) is 5.46. The van der Waals surface area contributed by atoms with Gasteiger partial charge in [-0.2, -0.15) is 0 Å². The van der Waals surface area contributed by atoms with E-state index in [-0.39, 0.29) is 11.4 Å². The van der Waals surface area contributed by atoms with Crippen LogP contribution in [0, 0.1) is 10.1 Å². The van der Waals surface area contributed by atoms with E-state index in [1.54, 1.807) is 12.1 Å². The van der Waals surface area contributed by atoms with Gasteiger partial charge in [-0.3, -0.25) is 15.0 Å². The molecule has 19 heavy (non-hydrogen) atoms. The zero-order valence-electron chi connectivity index (χ0n) is 11.0. The highest BCUT2D eigenvalue weighted by molar-refractivity contribution is 5.59. The SMILES string of the molecule is CC1(O)CCCN(Cc2ccc(N)c([N+](=O)[O-])c2)C1. The van der Waals surface area contributed by atoms with E-state index in [1.807, 2.05) is 6.92 Å². The number of nitro benzene ring substituents is 1. The summed E-state index contributed by atoms with van der Waals surface area (Å²) in [5, 5.41) is 20.9. The fraction of sp³-hybridized carbons (Fsp3) is 0.538. The van der Waals surface area contributed by atoms with Gasteiger partial charge in [0, 0.05) is 19.2 Å². The van der Waals surface area contributed by atoms with Gasteiger partial charge in [-0.05, 0) is 37.9 Å². The van der Waals surface area contributed by atoms with E-state index in [0.717, 1.165) is 24.9 Å². The Morgan fingerprint density at radius 2 is 2.32 bits per heavy atom. The molecule has 1 aliphatic heterocycles. The lowest BCUT2D eigenvalue weighted by Gasteiger charge is -2.36. The molecule has 0 amide bonds. The fourth-order valence-corrected chi connectivity index (χ4v) is 2.56. The van der Waals surface area contributed by atoms with Crippen LogP contribution in [0.4, 0.5) is 11.4 Å². The largest absolute Gasteiger partial charge is 0.393 e. The molecule has 6 heteroatoms. The number of hydrogen-bond donors (Lipinski definition) is 2. The smallest absolute Gasteiger partial charge is 0.292 e. The number of nitrogen functional groups attached to an aromatic ring is 1. The molecule has 0 bridgehead atoms. The van der Waals surface area contributed by atoms with E-state index < -0.39 is 10.5 Å². The standard InChI is InChI=1S/C13H19N3O3/c1-13(17)5-2-6-15(9-13)8-10-3-4-11(14)12(7-10)16(18)19/h3-4,7,17H,2,5-6,8-9,14H2,1H3. The number of rotatable bonds is 3. The zero-order chi connectivity index (χ0) is 14.0. The van der Waals surface area contributed by atoms with Crippen molar-refractivity contribution in [2.75, 3.05) is 18.8 Å². The first-order valence-corrected chi connectivity index (χ1v) is 6.35. The number of anilines is 1. The lowest BCUT2D eigenvalue weighted by Crippen LogP contribution is -2.45. The number of nitrogens with zero attached hydrogens (tertiary/aromatic N) is 2. The Balaban J connectivity index is 2.11. The highest BCUT2D eigenvalue weighted by Crippen LogP contribution is 2.25. The van der Waals surface area contributed by atoms with E-state index in [4.69, 9.17) is 5.73 Å². The third-order valence-corrected chi connectivity index (χ3v) is 3.45. The highest BCUT2D eigenvalue weighted by atomic mass is 16.6. The van der Waals surface area contributed by atoms with Gasteiger partial charge in [0.05, 0.1) is 10.5 Å². The fourth-order valence-electron chi connectivity index (χ4n) is 2.56. The number of nitrogens with two attached hydrogens (primary N) is 1. The molecule has 1 fully saturated rings. The molecule has 0 saturated carbocycles. The van der Waals surface area contributed by atoms with Gasteiger partial charge in [0.25, 0.3) is 5.69 Å². The molecule has 1 unspecified atom stereocenters. The highest BCUT2D eigenvalue weighted by Gasteiger charge is 2.28. The van der Waals surface area contributed by atoms with Crippen LogP contribution in [-0.4, -0.2) is 33.6 Å². The predicted octanol–water partition coefficient (Wildman–Crippen LogP) is 1.52. The molecule has 0 aliphatic carbocycles. The molecule has 104 valence electrons. The summed E-state index contributed by atoms with van der Waals surface area (Å²) in [6.45, 7) is 3.90. The van der Waals surface area contributed by atoms with Crippen LogP contribution in [0.15, 0.2) is 18.2 Å². The van der Waals surface area contributed by atoms with Crippen molar-refractivity contribution >= 4 is 11.4 Å².